The van der Waals surface area contributed by atoms with Crippen LogP contribution in [-0.2, 0) is 20.0 Å². The molecule has 0 radical (unpaired) electrons. The van der Waals surface area contributed by atoms with Gasteiger partial charge in [0.2, 0.25) is 20.0 Å². The van der Waals surface area contributed by atoms with Crippen molar-refractivity contribution in [2.75, 3.05) is 21.0 Å². The van der Waals surface area contributed by atoms with Crippen molar-refractivity contribution in [3.05, 3.63) is 72.0 Å². The summed E-state index contributed by atoms with van der Waals surface area (Å²) >= 11 is 0. The molecule has 1 saturated carbocycles. The normalized spacial score (nSPS) is 14.0. The standard InChI is InChI=1S/C22H20F3N3O4S2/c1-33(29,30)27-15-4-2-3-13(11-15)14-5-9-19(18(24)12-14)26-22-20(10-8-17(23)21(22)25)28-34(31,32)16-6-7-16/h2-5,8-12,16,26-28H,6-7H2,1H3. The van der Waals surface area contributed by atoms with E-state index < -0.39 is 48.4 Å². The van der Waals surface area contributed by atoms with Gasteiger partial charge in [0.05, 0.1) is 22.9 Å². The molecule has 1 aliphatic carbocycles. The first-order valence-corrected chi connectivity index (χ1v) is 13.5. The second-order valence-corrected chi connectivity index (χ2v) is 11.6. The number of benzene rings is 3. The number of hydrogen-bond donors (Lipinski definition) is 3. The average Bonchev–Trinajstić information content (AvgIpc) is 3.59. The summed E-state index contributed by atoms with van der Waals surface area (Å²) in [5, 5.41) is 1.84. The molecule has 0 bridgehead atoms. The van der Waals surface area contributed by atoms with E-state index in [2.05, 4.69) is 14.8 Å². The van der Waals surface area contributed by atoms with Crippen LogP contribution < -0.4 is 14.8 Å². The minimum absolute atomic E-state index is 0.217. The van der Waals surface area contributed by atoms with Crippen LogP contribution in [0.15, 0.2) is 54.6 Å². The van der Waals surface area contributed by atoms with Gasteiger partial charge in [0, 0.05) is 5.69 Å². The van der Waals surface area contributed by atoms with Crippen molar-refractivity contribution in [3.8, 4) is 11.1 Å². The number of rotatable bonds is 8. The lowest BCUT2D eigenvalue weighted by atomic mass is 10.0. The van der Waals surface area contributed by atoms with Crippen LogP contribution in [0.25, 0.3) is 11.1 Å². The Morgan fingerprint density at radius 1 is 0.794 bits per heavy atom. The van der Waals surface area contributed by atoms with E-state index in [1.54, 1.807) is 12.1 Å². The molecular weight excluding hydrogens is 491 g/mol. The van der Waals surface area contributed by atoms with E-state index >= 15 is 0 Å². The van der Waals surface area contributed by atoms with Crippen molar-refractivity contribution >= 4 is 42.8 Å². The van der Waals surface area contributed by atoms with Crippen LogP contribution in [0.5, 0.6) is 0 Å². The Morgan fingerprint density at radius 3 is 2.12 bits per heavy atom. The number of hydrogen-bond acceptors (Lipinski definition) is 5. The summed E-state index contributed by atoms with van der Waals surface area (Å²) in [4.78, 5) is 0. The van der Waals surface area contributed by atoms with Crippen LogP contribution in [0.3, 0.4) is 0 Å². The monoisotopic (exact) mass is 511 g/mol. The first-order valence-electron chi connectivity index (χ1n) is 10.1. The van der Waals surface area contributed by atoms with Gasteiger partial charge >= 0.3 is 0 Å². The molecule has 12 heteroatoms. The summed E-state index contributed by atoms with van der Waals surface area (Å²) in [6.45, 7) is 0. The van der Waals surface area contributed by atoms with E-state index in [1.807, 2.05) is 0 Å². The minimum atomic E-state index is -3.78. The number of halogens is 3. The number of nitrogens with one attached hydrogen (secondary N) is 3. The van der Waals surface area contributed by atoms with Crippen molar-refractivity contribution in [3.63, 3.8) is 0 Å². The first kappa shape index (κ1) is 23.9. The zero-order chi connectivity index (χ0) is 24.7. The molecule has 3 N–H and O–H groups in total. The maximum absolute atomic E-state index is 14.9. The van der Waals surface area contributed by atoms with Crippen LogP contribution in [0.1, 0.15) is 12.8 Å². The lowest BCUT2D eigenvalue weighted by Gasteiger charge is -2.16. The zero-order valence-electron chi connectivity index (χ0n) is 17.8. The fraction of sp³-hybridized carbons (Fsp3) is 0.182. The molecule has 4 rings (SSSR count). The predicted octanol–water partition coefficient (Wildman–Crippen LogP) is 4.79. The van der Waals surface area contributed by atoms with E-state index in [-0.39, 0.29) is 17.1 Å². The molecule has 3 aromatic carbocycles. The maximum Gasteiger partial charge on any atom is 0.235 e. The van der Waals surface area contributed by atoms with Gasteiger partial charge in [-0.15, -0.1) is 0 Å². The highest BCUT2D eigenvalue weighted by molar-refractivity contribution is 7.93. The summed E-state index contributed by atoms with van der Waals surface area (Å²) < 4.78 is 95.3. The molecule has 0 unspecified atom stereocenters. The highest BCUT2D eigenvalue weighted by Crippen LogP contribution is 2.36. The van der Waals surface area contributed by atoms with E-state index in [1.165, 1.54) is 24.3 Å². The van der Waals surface area contributed by atoms with Crippen LogP contribution >= 0.6 is 0 Å². The van der Waals surface area contributed by atoms with Gasteiger partial charge in [-0.05, 0) is 60.4 Å². The lowest BCUT2D eigenvalue weighted by Crippen LogP contribution is -2.18. The summed E-state index contributed by atoms with van der Waals surface area (Å²) in [5.41, 5.74) is 0.190. The van der Waals surface area contributed by atoms with Gasteiger partial charge in [-0.3, -0.25) is 9.44 Å². The van der Waals surface area contributed by atoms with Gasteiger partial charge in [0.15, 0.2) is 11.6 Å². The first-order chi connectivity index (χ1) is 15.9. The average molecular weight is 512 g/mol. The molecule has 0 aromatic heterocycles. The minimum Gasteiger partial charge on any atom is -0.349 e. The van der Waals surface area contributed by atoms with Crippen LogP contribution in [0.4, 0.5) is 35.9 Å². The second kappa shape index (κ2) is 8.84. The van der Waals surface area contributed by atoms with Crippen molar-refractivity contribution in [1.82, 2.24) is 0 Å². The molecule has 0 heterocycles. The largest absolute Gasteiger partial charge is 0.349 e. The SMILES string of the molecule is CS(=O)(=O)Nc1cccc(-c2ccc(Nc3c(NS(=O)(=O)C4CC4)ccc(F)c3F)c(F)c2)c1. The molecular formula is C22H20F3N3O4S2. The van der Waals surface area contributed by atoms with Gasteiger partial charge in [-0.25, -0.2) is 30.0 Å². The third kappa shape index (κ3) is 5.45. The van der Waals surface area contributed by atoms with Crippen molar-refractivity contribution in [1.29, 1.82) is 0 Å². The Bertz CT molecular complexity index is 1470. The summed E-state index contributed by atoms with van der Waals surface area (Å²) in [7, 11) is -7.28. The molecule has 1 aliphatic rings. The summed E-state index contributed by atoms with van der Waals surface area (Å²) in [6.07, 6.45) is 1.95. The molecule has 3 aromatic rings. The van der Waals surface area contributed by atoms with Crippen molar-refractivity contribution in [2.45, 2.75) is 18.1 Å². The van der Waals surface area contributed by atoms with Gasteiger partial charge in [-0.2, -0.15) is 0 Å². The lowest BCUT2D eigenvalue weighted by molar-refractivity contribution is 0.512. The molecule has 0 spiro atoms. The van der Waals surface area contributed by atoms with Crippen LogP contribution in [0.2, 0.25) is 0 Å². The zero-order valence-corrected chi connectivity index (χ0v) is 19.4. The molecule has 180 valence electrons. The quantitative estimate of drug-likeness (QED) is 0.403. The third-order valence-electron chi connectivity index (χ3n) is 5.04. The molecule has 1 fully saturated rings. The van der Waals surface area contributed by atoms with Gasteiger partial charge < -0.3 is 5.32 Å². The fourth-order valence-electron chi connectivity index (χ4n) is 3.28. The Morgan fingerprint density at radius 2 is 1.47 bits per heavy atom. The smallest absolute Gasteiger partial charge is 0.235 e. The van der Waals surface area contributed by atoms with Gasteiger partial charge in [0.25, 0.3) is 0 Å². The number of sulfonamides is 2. The second-order valence-electron chi connectivity index (χ2n) is 7.91. The van der Waals surface area contributed by atoms with Crippen molar-refractivity contribution in [2.24, 2.45) is 0 Å². The Labute approximate surface area is 195 Å². The highest BCUT2D eigenvalue weighted by Gasteiger charge is 2.36. The molecule has 0 aliphatic heterocycles. The molecule has 0 saturated heterocycles. The van der Waals surface area contributed by atoms with Gasteiger partial charge in [-0.1, -0.05) is 18.2 Å². The van der Waals surface area contributed by atoms with Crippen LogP contribution in [-0.4, -0.2) is 28.3 Å². The summed E-state index contributed by atoms with van der Waals surface area (Å²) in [5.74, 6) is -3.42. The van der Waals surface area contributed by atoms with E-state index in [0.717, 1.165) is 24.5 Å². The molecule has 0 amide bonds. The molecule has 0 atom stereocenters. The molecule has 7 nitrogen and oxygen atoms in total. The number of anilines is 4. The Kier molecular flexibility index (Phi) is 6.21. The van der Waals surface area contributed by atoms with Gasteiger partial charge in [0.1, 0.15) is 11.5 Å². The highest BCUT2D eigenvalue weighted by atomic mass is 32.2. The van der Waals surface area contributed by atoms with Crippen LogP contribution in [0, 0.1) is 17.5 Å². The predicted molar refractivity (Wildman–Crippen MR) is 126 cm³/mol. The van der Waals surface area contributed by atoms with E-state index in [4.69, 9.17) is 0 Å². The van der Waals surface area contributed by atoms with Crippen molar-refractivity contribution < 1.29 is 30.0 Å². The maximum atomic E-state index is 14.9. The topological polar surface area (TPSA) is 104 Å². The van der Waals surface area contributed by atoms with E-state index in [0.29, 0.717) is 24.0 Å². The Balaban J connectivity index is 1.64. The van der Waals surface area contributed by atoms with E-state index in [9.17, 15) is 30.0 Å². The summed E-state index contributed by atoms with van der Waals surface area (Å²) in [6, 6.07) is 12.0. The Hall–Kier alpha value is -3.25. The fourth-order valence-corrected chi connectivity index (χ4v) is 5.23. The molecule has 34 heavy (non-hydrogen) atoms. The third-order valence-corrected chi connectivity index (χ3v) is 7.50.